The molecule has 4 aromatic carbocycles. The summed E-state index contributed by atoms with van der Waals surface area (Å²) in [6.45, 7) is 1.95. The van der Waals surface area contributed by atoms with E-state index in [4.69, 9.17) is 27.9 Å². The molecule has 10 heteroatoms. The number of fused-ring (bicyclic) bond motifs is 1. The lowest BCUT2D eigenvalue weighted by atomic mass is 10.1. The van der Waals surface area contributed by atoms with Crippen molar-refractivity contribution in [1.29, 1.82) is 0 Å². The number of carbonyl (C=O) groups is 3. The highest BCUT2D eigenvalue weighted by Gasteiger charge is 2.20. The Balaban J connectivity index is 1.21. The highest BCUT2D eigenvalue weighted by Crippen LogP contribution is 2.37. The Labute approximate surface area is 249 Å². The first-order valence-corrected chi connectivity index (χ1v) is 13.9. The standard InChI is InChI=1S/C31H21Cl2N3O4S/c1-18-6-8-19(9-7-18)29(37)35-23-13-10-20(11-14-23)30(38)36-34-17-21-4-2-3-5-25(21)40-31(39)28-27(33)24-15-12-22(32)16-26(24)41-28/h2-17H,1H3,(H,35,37)(H,36,38)/b34-17-. The van der Waals surface area contributed by atoms with Crippen LogP contribution in [-0.4, -0.2) is 24.0 Å². The molecule has 41 heavy (non-hydrogen) atoms. The average Bonchev–Trinajstić information content (AvgIpc) is 3.29. The van der Waals surface area contributed by atoms with Crippen molar-refractivity contribution in [3.63, 3.8) is 0 Å². The van der Waals surface area contributed by atoms with Gasteiger partial charge < -0.3 is 10.1 Å². The molecule has 0 atom stereocenters. The van der Waals surface area contributed by atoms with Crippen LogP contribution in [0.15, 0.2) is 96.1 Å². The molecule has 0 unspecified atom stereocenters. The van der Waals surface area contributed by atoms with Gasteiger partial charge in [0.15, 0.2) is 0 Å². The quantitative estimate of drug-likeness (QED) is 0.0862. The maximum Gasteiger partial charge on any atom is 0.355 e. The van der Waals surface area contributed by atoms with Crippen molar-refractivity contribution in [2.24, 2.45) is 5.10 Å². The van der Waals surface area contributed by atoms with Crippen molar-refractivity contribution in [2.45, 2.75) is 6.92 Å². The number of benzene rings is 4. The van der Waals surface area contributed by atoms with E-state index < -0.39 is 11.9 Å². The number of aryl methyl sites for hydroxylation is 1. The third-order valence-electron chi connectivity index (χ3n) is 5.99. The second kappa shape index (κ2) is 12.3. The summed E-state index contributed by atoms with van der Waals surface area (Å²) in [7, 11) is 0. The van der Waals surface area contributed by atoms with Gasteiger partial charge in [0, 0.05) is 37.5 Å². The van der Waals surface area contributed by atoms with Gasteiger partial charge in [0.1, 0.15) is 10.6 Å². The van der Waals surface area contributed by atoms with Crippen molar-refractivity contribution < 1.29 is 19.1 Å². The number of para-hydroxylation sites is 1. The van der Waals surface area contributed by atoms with Crippen LogP contribution in [0.25, 0.3) is 10.1 Å². The number of hydrazone groups is 1. The fourth-order valence-electron chi connectivity index (χ4n) is 3.83. The van der Waals surface area contributed by atoms with Crippen LogP contribution in [0.1, 0.15) is 41.5 Å². The summed E-state index contributed by atoms with van der Waals surface area (Å²) in [5, 5.41) is 8.37. The first kappa shape index (κ1) is 28.0. The average molecular weight is 602 g/mol. The van der Waals surface area contributed by atoms with E-state index in [1.807, 2.05) is 19.1 Å². The van der Waals surface area contributed by atoms with Crippen molar-refractivity contribution in [3.05, 3.63) is 128 Å². The Bertz CT molecular complexity index is 1800. The molecule has 5 aromatic rings. The van der Waals surface area contributed by atoms with Gasteiger partial charge in [-0.2, -0.15) is 5.10 Å². The molecule has 0 saturated carbocycles. The van der Waals surface area contributed by atoms with Gasteiger partial charge in [0.25, 0.3) is 11.8 Å². The molecule has 0 saturated heterocycles. The number of anilines is 1. The molecule has 0 radical (unpaired) electrons. The van der Waals surface area contributed by atoms with Crippen LogP contribution in [0.4, 0.5) is 5.69 Å². The zero-order chi connectivity index (χ0) is 28.9. The summed E-state index contributed by atoms with van der Waals surface area (Å²) in [6.07, 6.45) is 1.38. The molecule has 204 valence electrons. The first-order valence-electron chi connectivity index (χ1n) is 12.3. The summed E-state index contributed by atoms with van der Waals surface area (Å²) in [5.74, 6) is -1.07. The van der Waals surface area contributed by atoms with Gasteiger partial charge in [-0.3, -0.25) is 9.59 Å². The lowest BCUT2D eigenvalue weighted by Crippen LogP contribution is -2.18. The van der Waals surface area contributed by atoms with Crippen LogP contribution in [0.5, 0.6) is 5.75 Å². The van der Waals surface area contributed by atoms with Crippen LogP contribution in [0.2, 0.25) is 10.0 Å². The second-order valence-electron chi connectivity index (χ2n) is 8.91. The normalized spacial score (nSPS) is 11.0. The number of halogens is 2. The molecular formula is C31H21Cl2N3O4S. The Morgan fingerprint density at radius 2 is 1.54 bits per heavy atom. The summed E-state index contributed by atoms with van der Waals surface area (Å²) in [6, 6.07) is 25.6. The van der Waals surface area contributed by atoms with Crippen LogP contribution < -0.4 is 15.5 Å². The number of nitrogens with one attached hydrogen (secondary N) is 2. The highest BCUT2D eigenvalue weighted by atomic mass is 35.5. The van der Waals surface area contributed by atoms with E-state index >= 15 is 0 Å². The maximum absolute atomic E-state index is 12.9. The van der Waals surface area contributed by atoms with Crippen molar-refractivity contribution in [1.82, 2.24) is 5.43 Å². The number of hydrogen-bond donors (Lipinski definition) is 2. The van der Waals surface area contributed by atoms with Gasteiger partial charge in [-0.05, 0) is 67.6 Å². The third-order valence-corrected chi connectivity index (χ3v) is 7.86. The molecular weight excluding hydrogens is 581 g/mol. The van der Waals surface area contributed by atoms with E-state index in [9.17, 15) is 14.4 Å². The molecule has 0 spiro atoms. The molecule has 2 amide bonds. The number of rotatable bonds is 7. The van der Waals surface area contributed by atoms with E-state index in [2.05, 4.69) is 15.8 Å². The third kappa shape index (κ3) is 6.63. The molecule has 2 N–H and O–H groups in total. The first-order chi connectivity index (χ1) is 19.8. The minimum Gasteiger partial charge on any atom is -0.422 e. The topological polar surface area (TPSA) is 96.9 Å². The lowest BCUT2D eigenvalue weighted by molar-refractivity contribution is 0.0739. The van der Waals surface area contributed by atoms with Gasteiger partial charge in [0.05, 0.1) is 11.2 Å². The van der Waals surface area contributed by atoms with E-state index in [-0.39, 0.29) is 16.5 Å². The summed E-state index contributed by atoms with van der Waals surface area (Å²) >= 11 is 13.7. The minimum absolute atomic E-state index is 0.245. The zero-order valence-corrected chi connectivity index (χ0v) is 23.8. The highest BCUT2D eigenvalue weighted by molar-refractivity contribution is 7.21. The minimum atomic E-state index is -0.619. The summed E-state index contributed by atoms with van der Waals surface area (Å²) in [5.41, 5.74) is 5.41. The van der Waals surface area contributed by atoms with Gasteiger partial charge >= 0.3 is 5.97 Å². The predicted molar refractivity (Wildman–Crippen MR) is 164 cm³/mol. The van der Waals surface area contributed by atoms with Crippen LogP contribution in [0.3, 0.4) is 0 Å². The molecule has 0 fully saturated rings. The van der Waals surface area contributed by atoms with E-state index in [0.717, 1.165) is 10.3 Å². The summed E-state index contributed by atoms with van der Waals surface area (Å²) < 4.78 is 6.38. The Morgan fingerprint density at radius 3 is 2.29 bits per heavy atom. The zero-order valence-electron chi connectivity index (χ0n) is 21.5. The van der Waals surface area contributed by atoms with Crippen molar-refractivity contribution in [3.8, 4) is 5.75 Å². The number of hydrogen-bond acceptors (Lipinski definition) is 6. The van der Waals surface area contributed by atoms with Gasteiger partial charge in [0.2, 0.25) is 0 Å². The Hall–Kier alpha value is -4.50. The number of amides is 2. The number of nitrogens with zero attached hydrogens (tertiary/aromatic N) is 1. The van der Waals surface area contributed by atoms with Gasteiger partial charge in [-0.15, -0.1) is 11.3 Å². The maximum atomic E-state index is 12.9. The van der Waals surface area contributed by atoms with Crippen LogP contribution in [-0.2, 0) is 0 Å². The van der Waals surface area contributed by atoms with Gasteiger partial charge in [-0.1, -0.05) is 59.1 Å². The number of thiophene rings is 1. The van der Waals surface area contributed by atoms with Gasteiger partial charge in [-0.25, -0.2) is 10.2 Å². The van der Waals surface area contributed by atoms with Crippen LogP contribution >= 0.6 is 34.5 Å². The second-order valence-corrected chi connectivity index (χ2v) is 10.8. The van der Waals surface area contributed by atoms with E-state index in [1.165, 1.54) is 17.6 Å². The molecule has 0 aliphatic heterocycles. The molecule has 7 nitrogen and oxygen atoms in total. The molecule has 1 aromatic heterocycles. The van der Waals surface area contributed by atoms with E-state index in [1.54, 1.807) is 78.9 Å². The molecule has 0 aliphatic rings. The molecule has 0 bridgehead atoms. The van der Waals surface area contributed by atoms with E-state index in [0.29, 0.717) is 37.8 Å². The monoisotopic (exact) mass is 601 g/mol. The Kier molecular flexibility index (Phi) is 8.45. The smallest absolute Gasteiger partial charge is 0.355 e. The Morgan fingerprint density at radius 1 is 0.854 bits per heavy atom. The van der Waals surface area contributed by atoms with Crippen LogP contribution in [0, 0.1) is 6.92 Å². The number of esters is 1. The molecule has 1 heterocycles. The van der Waals surface area contributed by atoms with Crippen molar-refractivity contribution in [2.75, 3.05) is 5.32 Å². The number of ether oxygens (including phenoxy) is 1. The van der Waals surface area contributed by atoms with Crippen molar-refractivity contribution >= 4 is 74.3 Å². The number of carbonyl (C=O) groups excluding carboxylic acids is 3. The fourth-order valence-corrected chi connectivity index (χ4v) is 5.50. The lowest BCUT2D eigenvalue weighted by Gasteiger charge is -2.07. The largest absolute Gasteiger partial charge is 0.422 e. The summed E-state index contributed by atoms with van der Waals surface area (Å²) in [4.78, 5) is 38.2. The molecule has 0 aliphatic carbocycles. The SMILES string of the molecule is Cc1ccc(C(=O)Nc2ccc(C(=O)N/N=C\c3ccccc3OC(=O)c3sc4cc(Cl)ccc4c3Cl)cc2)cc1. The fraction of sp³-hybridized carbons (Fsp3) is 0.0323. The predicted octanol–water partition coefficient (Wildman–Crippen LogP) is 7.75. The molecule has 5 rings (SSSR count).